The minimum Gasteiger partial charge on any atom is -0.356 e. The predicted octanol–water partition coefficient (Wildman–Crippen LogP) is 4.53. The number of benzene rings is 2. The second kappa shape index (κ2) is 9.02. The van der Waals surface area contributed by atoms with Crippen molar-refractivity contribution in [2.75, 3.05) is 31.6 Å². The first-order valence-electron chi connectivity index (χ1n) is 11.0. The maximum absolute atomic E-state index is 13.1. The molecule has 1 amide bonds. The molecule has 6 nitrogen and oxygen atoms in total. The summed E-state index contributed by atoms with van der Waals surface area (Å²) in [5.41, 5.74) is 2.43. The van der Waals surface area contributed by atoms with Crippen molar-refractivity contribution >= 4 is 40.6 Å². The smallest absolute Gasteiger partial charge is 0.249 e. The van der Waals surface area contributed by atoms with Gasteiger partial charge in [0.2, 0.25) is 5.91 Å². The summed E-state index contributed by atoms with van der Waals surface area (Å²) < 4.78 is 12.0. The van der Waals surface area contributed by atoms with E-state index in [4.69, 9.17) is 37.7 Å². The first kappa shape index (κ1) is 21.7. The van der Waals surface area contributed by atoms with Crippen LogP contribution in [0.25, 0.3) is 0 Å². The Balaban J connectivity index is 1.47. The van der Waals surface area contributed by atoms with Gasteiger partial charge in [-0.2, -0.15) is 0 Å². The number of carbonyl (C=O) groups excluding carboxylic acids is 1. The van der Waals surface area contributed by atoms with Crippen molar-refractivity contribution in [1.29, 1.82) is 0 Å². The minimum atomic E-state index is -0.603. The Morgan fingerprint density at radius 1 is 1.09 bits per heavy atom. The van der Waals surface area contributed by atoms with Gasteiger partial charge in [0.15, 0.2) is 5.79 Å². The lowest BCUT2D eigenvalue weighted by Crippen LogP contribution is -2.51. The van der Waals surface area contributed by atoms with Gasteiger partial charge in [0.25, 0.3) is 0 Å². The number of aliphatic imine (C=N–C) groups is 1. The fourth-order valence-corrected chi connectivity index (χ4v) is 4.91. The number of hydrogen-bond acceptors (Lipinski definition) is 5. The lowest BCUT2D eigenvalue weighted by atomic mass is 10.0. The number of amides is 1. The van der Waals surface area contributed by atoms with E-state index in [9.17, 15) is 4.79 Å². The second-order valence-corrected chi connectivity index (χ2v) is 9.24. The number of rotatable bonds is 2. The molecule has 0 aliphatic carbocycles. The molecule has 0 radical (unpaired) electrons. The van der Waals surface area contributed by atoms with E-state index in [2.05, 4.69) is 10.2 Å². The number of benzodiazepines with no additional fused rings is 1. The molecule has 3 heterocycles. The highest BCUT2D eigenvalue weighted by Crippen LogP contribution is 2.34. The van der Waals surface area contributed by atoms with E-state index in [-0.39, 0.29) is 5.91 Å². The highest BCUT2D eigenvalue weighted by molar-refractivity contribution is 6.31. The number of nitrogens with zero attached hydrogens (tertiary/aromatic N) is 2. The molecule has 2 aromatic carbocycles. The Morgan fingerprint density at radius 3 is 2.59 bits per heavy atom. The summed E-state index contributed by atoms with van der Waals surface area (Å²) in [6, 6.07) is 12.4. The van der Waals surface area contributed by atoms with Crippen LogP contribution in [0.5, 0.6) is 0 Å². The van der Waals surface area contributed by atoms with E-state index in [1.165, 1.54) is 0 Å². The number of piperidine rings is 1. The average Bonchev–Trinajstić information content (AvgIpc) is 2.93. The predicted molar refractivity (Wildman–Crippen MR) is 126 cm³/mol. The first-order chi connectivity index (χ1) is 15.5. The molecule has 0 aromatic heterocycles. The molecule has 5 rings (SSSR count). The van der Waals surface area contributed by atoms with Gasteiger partial charge >= 0.3 is 0 Å². The van der Waals surface area contributed by atoms with E-state index in [0.717, 1.165) is 62.5 Å². The van der Waals surface area contributed by atoms with Gasteiger partial charge in [-0.3, -0.25) is 9.79 Å². The largest absolute Gasteiger partial charge is 0.356 e. The summed E-state index contributed by atoms with van der Waals surface area (Å²) in [5.74, 6) is 0.113. The number of fused-ring (bicyclic) bond motifs is 1. The number of amidine groups is 1. The lowest BCUT2D eigenvalue weighted by Gasteiger charge is -2.44. The molecule has 1 N–H and O–H groups in total. The molecule has 3 aliphatic rings. The molecule has 2 fully saturated rings. The third-order valence-electron chi connectivity index (χ3n) is 6.28. The molecule has 1 spiro atoms. The van der Waals surface area contributed by atoms with Crippen molar-refractivity contribution < 1.29 is 14.3 Å². The zero-order valence-corrected chi connectivity index (χ0v) is 19.2. The molecule has 3 aliphatic heterocycles. The first-order valence-corrected chi connectivity index (χ1v) is 11.7. The van der Waals surface area contributed by atoms with Gasteiger partial charge in [-0.05, 0) is 36.2 Å². The Bertz CT molecular complexity index is 1040. The van der Waals surface area contributed by atoms with E-state index >= 15 is 0 Å². The van der Waals surface area contributed by atoms with Crippen molar-refractivity contribution in [1.82, 2.24) is 4.90 Å². The Kier molecular flexibility index (Phi) is 6.12. The quantitative estimate of drug-likeness (QED) is 0.695. The average molecular weight is 474 g/mol. The number of ether oxygens (including phenoxy) is 2. The van der Waals surface area contributed by atoms with Gasteiger partial charge < -0.3 is 19.7 Å². The van der Waals surface area contributed by atoms with Gasteiger partial charge in [0, 0.05) is 48.0 Å². The van der Waals surface area contributed by atoms with Crippen LogP contribution in [0.3, 0.4) is 0 Å². The van der Waals surface area contributed by atoms with Crippen LogP contribution in [0, 0.1) is 0 Å². The summed E-state index contributed by atoms with van der Waals surface area (Å²) in [6.07, 6.45) is 2.85. The topological polar surface area (TPSA) is 63.2 Å². The molecule has 0 saturated carbocycles. The van der Waals surface area contributed by atoms with Gasteiger partial charge in [-0.1, -0.05) is 41.4 Å². The molecule has 1 unspecified atom stereocenters. The van der Waals surface area contributed by atoms with Crippen molar-refractivity contribution in [3.05, 3.63) is 63.6 Å². The van der Waals surface area contributed by atoms with Crippen LogP contribution in [-0.4, -0.2) is 54.8 Å². The number of hydrogen-bond donors (Lipinski definition) is 1. The van der Waals surface area contributed by atoms with Crippen LogP contribution in [0.4, 0.5) is 5.69 Å². The van der Waals surface area contributed by atoms with Gasteiger partial charge in [0.1, 0.15) is 11.9 Å². The molecular weight excluding hydrogens is 449 g/mol. The van der Waals surface area contributed by atoms with Crippen LogP contribution >= 0.6 is 23.2 Å². The number of nitrogens with one attached hydrogen (secondary N) is 1. The summed E-state index contributed by atoms with van der Waals surface area (Å²) in [5, 5.41) is 4.27. The van der Waals surface area contributed by atoms with Crippen LogP contribution in [-0.2, 0) is 20.7 Å². The third-order valence-corrected chi connectivity index (χ3v) is 6.88. The zero-order chi connectivity index (χ0) is 22.1. The summed E-state index contributed by atoms with van der Waals surface area (Å²) in [7, 11) is 0. The summed E-state index contributed by atoms with van der Waals surface area (Å²) >= 11 is 12.7. The molecule has 2 aromatic rings. The Hall–Kier alpha value is -2.12. The number of carbonyl (C=O) groups is 1. The highest BCUT2D eigenvalue weighted by atomic mass is 35.5. The van der Waals surface area contributed by atoms with E-state index in [0.29, 0.717) is 22.2 Å². The number of anilines is 1. The second-order valence-electron chi connectivity index (χ2n) is 8.39. The van der Waals surface area contributed by atoms with Crippen molar-refractivity contribution in [3.8, 4) is 0 Å². The molecule has 8 heteroatoms. The van der Waals surface area contributed by atoms with Crippen molar-refractivity contribution in [2.24, 2.45) is 4.99 Å². The highest BCUT2D eigenvalue weighted by Gasteiger charge is 2.40. The molecular formula is C24H25Cl2N3O3. The van der Waals surface area contributed by atoms with Crippen molar-refractivity contribution in [3.63, 3.8) is 0 Å². The Labute approximate surface area is 197 Å². The van der Waals surface area contributed by atoms with E-state index < -0.39 is 11.8 Å². The maximum atomic E-state index is 13.1. The SMILES string of the molecule is O=C1Nc2ccc(Cl)cc2C(N2CCC3(CC2)OCCCO3)=NC1Cc1ccccc1Cl. The molecule has 32 heavy (non-hydrogen) atoms. The fraction of sp³-hybridized carbons (Fsp3) is 0.417. The molecule has 1 atom stereocenters. The maximum Gasteiger partial charge on any atom is 0.249 e. The summed E-state index contributed by atoms with van der Waals surface area (Å²) in [4.78, 5) is 20.3. The lowest BCUT2D eigenvalue weighted by molar-refractivity contribution is -0.281. The van der Waals surface area contributed by atoms with Crippen LogP contribution in [0.1, 0.15) is 30.4 Å². The fourth-order valence-electron chi connectivity index (χ4n) is 4.53. The standard InChI is InChI=1S/C24H25Cl2N3O3/c25-17-6-7-20-18(15-17)22(29-10-8-24(9-11-29)31-12-3-13-32-24)27-21(23(30)28-20)14-16-4-1-2-5-19(16)26/h1-2,4-7,15,21H,3,8-14H2,(H,28,30). The summed E-state index contributed by atoms with van der Waals surface area (Å²) in [6.45, 7) is 2.91. The van der Waals surface area contributed by atoms with Gasteiger partial charge in [0.05, 0.1) is 18.9 Å². The van der Waals surface area contributed by atoms with E-state index in [1.54, 1.807) is 6.07 Å². The van der Waals surface area contributed by atoms with Gasteiger partial charge in [-0.15, -0.1) is 0 Å². The number of halogens is 2. The normalized spacial score (nSPS) is 22.7. The monoisotopic (exact) mass is 473 g/mol. The molecule has 0 bridgehead atoms. The van der Waals surface area contributed by atoms with Crippen molar-refractivity contribution in [2.45, 2.75) is 37.5 Å². The minimum absolute atomic E-state index is 0.157. The number of likely N-dealkylation sites (tertiary alicyclic amines) is 1. The third kappa shape index (κ3) is 4.37. The van der Waals surface area contributed by atoms with Crippen LogP contribution in [0.2, 0.25) is 10.0 Å². The molecule has 168 valence electrons. The Morgan fingerprint density at radius 2 is 1.84 bits per heavy atom. The van der Waals surface area contributed by atoms with E-state index in [1.807, 2.05) is 36.4 Å². The van der Waals surface area contributed by atoms with Crippen LogP contribution in [0.15, 0.2) is 47.5 Å². The zero-order valence-electron chi connectivity index (χ0n) is 17.7. The molecule has 2 saturated heterocycles. The van der Waals surface area contributed by atoms with Crippen LogP contribution < -0.4 is 5.32 Å². The van der Waals surface area contributed by atoms with Gasteiger partial charge in [-0.25, -0.2) is 0 Å².